The summed E-state index contributed by atoms with van der Waals surface area (Å²) in [5, 5.41) is -0.567. The van der Waals surface area contributed by atoms with Crippen LogP contribution in [0.3, 0.4) is 0 Å². The number of nitrogens with two attached hydrogens (primary N) is 1. The molecule has 0 spiro atoms. The van der Waals surface area contributed by atoms with E-state index < -0.39 is 64.6 Å². The number of ether oxygens (including phenoxy) is 1. The molecule has 0 radical (unpaired) electrons. The number of aromatic nitrogens is 3. The zero-order valence-corrected chi connectivity index (χ0v) is 19.0. The molecule has 0 aliphatic heterocycles. The van der Waals surface area contributed by atoms with Crippen molar-refractivity contribution in [2.45, 2.75) is 24.8 Å². The Bertz CT molecular complexity index is 1650. The van der Waals surface area contributed by atoms with Gasteiger partial charge in [0.1, 0.15) is 17.5 Å². The van der Waals surface area contributed by atoms with Gasteiger partial charge in [0.2, 0.25) is 0 Å². The van der Waals surface area contributed by atoms with Gasteiger partial charge in [0.25, 0.3) is 5.56 Å². The number of hydrogen-bond donors (Lipinski definition) is 1. The Kier molecular flexibility index (Phi) is 6.51. The van der Waals surface area contributed by atoms with Crippen molar-refractivity contribution in [1.29, 1.82) is 0 Å². The van der Waals surface area contributed by atoms with Crippen molar-refractivity contribution >= 4 is 28.5 Å². The zero-order chi connectivity index (χ0) is 28.2. The molecule has 0 aliphatic carbocycles. The van der Waals surface area contributed by atoms with E-state index in [0.717, 1.165) is 29.0 Å². The number of nitrogens with zero attached hydrogens (tertiary/aromatic N) is 3. The lowest BCUT2D eigenvalue weighted by molar-refractivity contribution is -0.202. The number of alkyl halides is 6. The van der Waals surface area contributed by atoms with E-state index in [4.69, 9.17) is 5.73 Å². The van der Waals surface area contributed by atoms with E-state index >= 15 is 0 Å². The monoisotopic (exact) mass is 544 g/mol. The molecule has 2 N–H and O–H groups in total. The molecular formula is C23H15F7N4O4. The van der Waals surface area contributed by atoms with Gasteiger partial charge in [-0.3, -0.25) is 4.79 Å². The van der Waals surface area contributed by atoms with Crippen molar-refractivity contribution in [1.82, 2.24) is 14.0 Å². The largest absolute Gasteiger partial charge is 0.491 e. The van der Waals surface area contributed by atoms with Crippen LogP contribution in [-0.2, 0) is 34.0 Å². The van der Waals surface area contributed by atoms with Crippen LogP contribution in [0.25, 0.3) is 27.7 Å². The Morgan fingerprint density at radius 2 is 1.79 bits per heavy atom. The van der Waals surface area contributed by atoms with Crippen LogP contribution in [0, 0.1) is 5.82 Å². The molecule has 4 rings (SSSR count). The number of fused-ring (bicyclic) bond motifs is 2. The van der Waals surface area contributed by atoms with Crippen molar-refractivity contribution in [2.24, 2.45) is 12.8 Å². The number of halogens is 7. The molecule has 3 aromatic heterocycles. The molecule has 0 fully saturated rings. The van der Waals surface area contributed by atoms with Crippen LogP contribution in [0.15, 0.2) is 47.5 Å². The standard InChI is InChI=1S/C23H15F7N4O4/c1-33-15-5-2-10(24)8-13(15)17(22(25,26)27)16(19(33)35)12-4-3-11(34-7-6-32-18(12)34)9-14(31)20(36)38-21(37)23(28,29)30/h2-8,14H,9,31H2,1H3/t14-/m0/s1. The molecule has 4 aromatic rings. The number of imidazole rings is 1. The van der Waals surface area contributed by atoms with Gasteiger partial charge < -0.3 is 19.4 Å². The summed E-state index contributed by atoms with van der Waals surface area (Å²) in [5.74, 6) is -5.41. The molecule has 200 valence electrons. The molecular weight excluding hydrogens is 529 g/mol. The van der Waals surface area contributed by atoms with Gasteiger partial charge in [0.05, 0.1) is 16.6 Å². The average molecular weight is 544 g/mol. The average Bonchev–Trinajstić information content (AvgIpc) is 3.30. The lowest BCUT2D eigenvalue weighted by atomic mass is 9.96. The molecule has 1 atom stereocenters. The number of carbonyl (C=O) groups excluding carboxylic acids is 2. The summed E-state index contributed by atoms with van der Waals surface area (Å²) in [6.07, 6.45) is -8.61. The van der Waals surface area contributed by atoms with Gasteiger partial charge >= 0.3 is 24.3 Å². The third kappa shape index (κ3) is 4.71. The van der Waals surface area contributed by atoms with E-state index in [1.54, 1.807) is 0 Å². The number of pyridine rings is 2. The summed E-state index contributed by atoms with van der Waals surface area (Å²) in [4.78, 5) is 39.9. The van der Waals surface area contributed by atoms with E-state index in [0.29, 0.717) is 6.07 Å². The van der Waals surface area contributed by atoms with Crippen LogP contribution in [-0.4, -0.2) is 38.1 Å². The zero-order valence-electron chi connectivity index (χ0n) is 19.0. The summed E-state index contributed by atoms with van der Waals surface area (Å²) in [5.41, 5.74) is 1.76. The van der Waals surface area contributed by atoms with Crippen molar-refractivity contribution in [3.63, 3.8) is 0 Å². The fourth-order valence-corrected chi connectivity index (χ4v) is 4.03. The number of esters is 2. The Morgan fingerprint density at radius 3 is 2.42 bits per heavy atom. The van der Waals surface area contributed by atoms with E-state index in [2.05, 4.69) is 9.72 Å². The Morgan fingerprint density at radius 1 is 1.11 bits per heavy atom. The number of aryl methyl sites for hydroxylation is 1. The van der Waals surface area contributed by atoms with E-state index in [1.165, 1.54) is 23.7 Å². The van der Waals surface area contributed by atoms with Gasteiger partial charge in [-0.25, -0.2) is 19.0 Å². The molecule has 15 heteroatoms. The number of rotatable bonds is 4. The Labute approximate surface area is 207 Å². The van der Waals surface area contributed by atoms with Crippen LogP contribution < -0.4 is 11.3 Å². The fourth-order valence-electron chi connectivity index (χ4n) is 4.03. The number of hydrogen-bond acceptors (Lipinski definition) is 6. The molecule has 0 saturated carbocycles. The normalized spacial score (nSPS) is 13.2. The van der Waals surface area contributed by atoms with Gasteiger partial charge in [0.15, 0.2) is 0 Å². The van der Waals surface area contributed by atoms with E-state index in [1.807, 2.05) is 0 Å². The highest BCUT2D eigenvalue weighted by Crippen LogP contribution is 2.41. The van der Waals surface area contributed by atoms with Crippen molar-refractivity contribution in [3.8, 4) is 11.1 Å². The maximum absolute atomic E-state index is 14.3. The summed E-state index contributed by atoms with van der Waals surface area (Å²) < 4.78 is 99.7. The van der Waals surface area contributed by atoms with Gasteiger partial charge in [-0.1, -0.05) is 0 Å². The van der Waals surface area contributed by atoms with Crippen molar-refractivity contribution in [2.75, 3.05) is 0 Å². The molecule has 0 saturated heterocycles. The molecule has 0 amide bonds. The first-order valence-electron chi connectivity index (χ1n) is 10.5. The second-order valence-electron chi connectivity index (χ2n) is 8.15. The summed E-state index contributed by atoms with van der Waals surface area (Å²) in [6, 6.07) is 3.12. The van der Waals surface area contributed by atoms with Crippen LogP contribution >= 0.6 is 0 Å². The maximum Gasteiger partial charge on any atom is 0.491 e. The number of benzene rings is 1. The molecule has 1 aromatic carbocycles. The summed E-state index contributed by atoms with van der Waals surface area (Å²) in [6.45, 7) is 0. The van der Waals surface area contributed by atoms with Crippen LogP contribution in [0.5, 0.6) is 0 Å². The van der Waals surface area contributed by atoms with E-state index in [-0.39, 0.29) is 22.4 Å². The maximum atomic E-state index is 14.3. The minimum Gasteiger partial charge on any atom is -0.385 e. The fraction of sp³-hybridized carbons (Fsp3) is 0.217. The van der Waals surface area contributed by atoms with Gasteiger partial charge in [-0.15, -0.1) is 0 Å². The summed E-state index contributed by atoms with van der Waals surface area (Å²) in [7, 11) is 1.22. The smallest absolute Gasteiger partial charge is 0.385 e. The molecule has 8 nitrogen and oxygen atoms in total. The van der Waals surface area contributed by atoms with Crippen molar-refractivity contribution in [3.05, 3.63) is 70.2 Å². The van der Waals surface area contributed by atoms with Crippen LogP contribution in [0.1, 0.15) is 11.3 Å². The molecule has 0 aliphatic rings. The quantitative estimate of drug-likeness (QED) is 0.239. The second-order valence-corrected chi connectivity index (χ2v) is 8.15. The highest BCUT2D eigenvalue weighted by Gasteiger charge is 2.43. The Balaban J connectivity index is 1.86. The third-order valence-corrected chi connectivity index (χ3v) is 5.70. The SMILES string of the molecule is Cn1c(=O)c(-c2ccc(C[C@H](N)C(=O)OC(=O)C(F)(F)F)n3ccnc23)c(C(F)(F)F)c2cc(F)ccc21. The van der Waals surface area contributed by atoms with Crippen LogP contribution in [0.4, 0.5) is 30.7 Å². The third-order valence-electron chi connectivity index (χ3n) is 5.70. The van der Waals surface area contributed by atoms with Gasteiger partial charge in [-0.05, 0) is 30.3 Å². The first-order valence-corrected chi connectivity index (χ1v) is 10.5. The highest BCUT2D eigenvalue weighted by molar-refractivity contribution is 5.93. The lowest BCUT2D eigenvalue weighted by Crippen LogP contribution is -2.39. The Hall–Kier alpha value is -4.27. The van der Waals surface area contributed by atoms with Gasteiger partial charge in [-0.2, -0.15) is 26.3 Å². The first-order chi connectivity index (χ1) is 17.6. The minimum absolute atomic E-state index is 0.0855. The van der Waals surface area contributed by atoms with Crippen LogP contribution in [0.2, 0.25) is 0 Å². The van der Waals surface area contributed by atoms with Crippen molar-refractivity contribution < 1.29 is 45.1 Å². The molecule has 0 unspecified atom stereocenters. The molecule has 3 heterocycles. The topological polar surface area (TPSA) is 109 Å². The van der Waals surface area contributed by atoms with E-state index in [9.17, 15) is 45.1 Å². The summed E-state index contributed by atoms with van der Waals surface area (Å²) >= 11 is 0. The first kappa shape index (κ1) is 26.8. The second kappa shape index (κ2) is 9.24. The predicted molar refractivity (Wildman–Crippen MR) is 117 cm³/mol. The van der Waals surface area contributed by atoms with Gasteiger partial charge in [0, 0.05) is 42.5 Å². The molecule has 38 heavy (non-hydrogen) atoms. The molecule has 0 bridgehead atoms. The highest BCUT2D eigenvalue weighted by atomic mass is 19.4. The number of carbonyl (C=O) groups is 2. The lowest BCUT2D eigenvalue weighted by Gasteiger charge is -2.19. The predicted octanol–water partition coefficient (Wildman–Crippen LogP) is 3.51. The minimum atomic E-state index is -5.43.